The number of carboxylic acids is 1. The first-order chi connectivity index (χ1) is 8.43. The Morgan fingerprint density at radius 1 is 1.50 bits per heavy atom. The first kappa shape index (κ1) is 14.9. The molecule has 1 heterocycles. The van der Waals surface area contributed by atoms with Gasteiger partial charge in [0.1, 0.15) is 6.61 Å². The van der Waals surface area contributed by atoms with Crippen LogP contribution >= 0.6 is 0 Å². The van der Waals surface area contributed by atoms with Gasteiger partial charge in [0.15, 0.2) is 6.10 Å². The third kappa shape index (κ3) is 4.27. The lowest BCUT2D eigenvalue weighted by Gasteiger charge is -2.35. The van der Waals surface area contributed by atoms with Gasteiger partial charge in [-0.15, -0.1) is 0 Å². The van der Waals surface area contributed by atoms with Crippen molar-refractivity contribution in [3.05, 3.63) is 0 Å². The Hall–Kier alpha value is -1.14. The van der Waals surface area contributed by atoms with Gasteiger partial charge in [0, 0.05) is 6.54 Å². The molecule has 6 heteroatoms. The fourth-order valence-corrected chi connectivity index (χ4v) is 1.71. The summed E-state index contributed by atoms with van der Waals surface area (Å²) in [5, 5.41) is 8.92. The van der Waals surface area contributed by atoms with Crippen LogP contribution in [0.1, 0.15) is 27.2 Å². The molecule has 0 radical (unpaired) electrons. The molecular weight excluding hydrogens is 238 g/mol. The third-order valence-corrected chi connectivity index (χ3v) is 2.95. The van der Waals surface area contributed by atoms with Crippen molar-refractivity contribution in [1.29, 1.82) is 0 Å². The molecule has 3 atom stereocenters. The maximum absolute atomic E-state index is 11.9. The van der Waals surface area contributed by atoms with E-state index in [1.165, 1.54) is 4.90 Å². The van der Waals surface area contributed by atoms with Crippen LogP contribution in [-0.4, -0.2) is 59.9 Å². The van der Waals surface area contributed by atoms with Crippen molar-refractivity contribution in [3.8, 4) is 0 Å². The molecule has 0 aromatic carbocycles. The Balaban J connectivity index is 2.49. The van der Waals surface area contributed by atoms with Crippen molar-refractivity contribution >= 4 is 11.9 Å². The molecule has 1 fully saturated rings. The van der Waals surface area contributed by atoms with Crippen molar-refractivity contribution < 1.29 is 24.2 Å². The summed E-state index contributed by atoms with van der Waals surface area (Å²) < 4.78 is 10.6. The molecule has 6 nitrogen and oxygen atoms in total. The molecule has 1 aliphatic heterocycles. The normalized spacial score (nSPS) is 25.8. The standard InChI is InChI=1S/C12H21NO5/c1-4-8(2)17-7-11(14)13-5-9(3)18-10(6-13)12(15)16/h8-10H,4-7H2,1-3H3,(H,15,16)/t8?,9-,10?/m1/s1. The van der Waals surface area contributed by atoms with Crippen LogP contribution in [0.4, 0.5) is 0 Å². The van der Waals surface area contributed by atoms with Gasteiger partial charge >= 0.3 is 5.97 Å². The maximum Gasteiger partial charge on any atom is 0.334 e. The number of carboxylic acid groups (broad SMARTS) is 1. The average molecular weight is 259 g/mol. The summed E-state index contributed by atoms with van der Waals surface area (Å²) >= 11 is 0. The van der Waals surface area contributed by atoms with E-state index >= 15 is 0 Å². The van der Waals surface area contributed by atoms with Crippen LogP contribution in [0.25, 0.3) is 0 Å². The smallest absolute Gasteiger partial charge is 0.334 e. The maximum atomic E-state index is 11.9. The highest BCUT2D eigenvalue weighted by atomic mass is 16.5. The zero-order valence-electron chi connectivity index (χ0n) is 11.1. The minimum atomic E-state index is -1.04. The molecule has 0 bridgehead atoms. The molecule has 0 spiro atoms. The Morgan fingerprint density at radius 3 is 2.72 bits per heavy atom. The summed E-state index contributed by atoms with van der Waals surface area (Å²) in [6, 6.07) is 0. The Labute approximate surface area is 107 Å². The van der Waals surface area contributed by atoms with Gasteiger partial charge in [-0.2, -0.15) is 0 Å². The van der Waals surface area contributed by atoms with E-state index < -0.39 is 12.1 Å². The molecule has 1 amide bonds. The van der Waals surface area contributed by atoms with E-state index in [1.807, 2.05) is 13.8 Å². The van der Waals surface area contributed by atoms with Crippen LogP contribution in [-0.2, 0) is 19.1 Å². The van der Waals surface area contributed by atoms with Crippen molar-refractivity contribution in [3.63, 3.8) is 0 Å². The minimum absolute atomic E-state index is 0.00589. The summed E-state index contributed by atoms with van der Waals surface area (Å²) in [5.74, 6) is -1.22. The molecule has 1 N–H and O–H groups in total. The zero-order chi connectivity index (χ0) is 13.7. The topological polar surface area (TPSA) is 76.1 Å². The van der Waals surface area contributed by atoms with Gasteiger partial charge in [-0.05, 0) is 20.3 Å². The van der Waals surface area contributed by atoms with Gasteiger partial charge < -0.3 is 19.5 Å². The lowest BCUT2D eigenvalue weighted by Crippen LogP contribution is -2.52. The van der Waals surface area contributed by atoms with E-state index in [-0.39, 0.29) is 31.3 Å². The Kier molecular flexibility index (Phi) is 5.55. The number of ether oxygens (including phenoxy) is 2. The number of hydrogen-bond acceptors (Lipinski definition) is 4. The summed E-state index contributed by atoms with van der Waals surface area (Å²) in [6.07, 6.45) is -0.346. The quantitative estimate of drug-likeness (QED) is 0.778. The van der Waals surface area contributed by atoms with Gasteiger partial charge in [0.25, 0.3) is 0 Å². The fraction of sp³-hybridized carbons (Fsp3) is 0.833. The second-order valence-corrected chi connectivity index (χ2v) is 4.60. The first-order valence-electron chi connectivity index (χ1n) is 6.21. The molecule has 0 aliphatic carbocycles. The number of amides is 1. The highest BCUT2D eigenvalue weighted by Gasteiger charge is 2.32. The second kappa shape index (κ2) is 6.70. The molecule has 1 rings (SSSR count). The van der Waals surface area contributed by atoms with Crippen LogP contribution in [0.5, 0.6) is 0 Å². The van der Waals surface area contributed by atoms with Gasteiger partial charge in [0.2, 0.25) is 5.91 Å². The average Bonchev–Trinajstić information content (AvgIpc) is 2.34. The third-order valence-electron chi connectivity index (χ3n) is 2.95. The summed E-state index contributed by atoms with van der Waals surface area (Å²) in [4.78, 5) is 24.3. The van der Waals surface area contributed by atoms with E-state index in [9.17, 15) is 9.59 Å². The van der Waals surface area contributed by atoms with Crippen molar-refractivity contribution in [2.75, 3.05) is 19.7 Å². The van der Waals surface area contributed by atoms with Crippen LogP contribution in [0.3, 0.4) is 0 Å². The van der Waals surface area contributed by atoms with Crippen LogP contribution in [0.2, 0.25) is 0 Å². The predicted octanol–water partition coefficient (Wildman–Crippen LogP) is 0.502. The molecule has 1 saturated heterocycles. The molecule has 1 aliphatic rings. The largest absolute Gasteiger partial charge is 0.479 e. The SMILES string of the molecule is CCC(C)OCC(=O)N1CC(C(=O)O)O[C@H](C)C1. The highest BCUT2D eigenvalue weighted by Crippen LogP contribution is 2.12. The summed E-state index contributed by atoms with van der Waals surface area (Å²) in [5.41, 5.74) is 0. The van der Waals surface area contributed by atoms with Gasteiger partial charge in [0.05, 0.1) is 18.8 Å². The van der Waals surface area contributed by atoms with E-state index in [2.05, 4.69) is 0 Å². The molecule has 18 heavy (non-hydrogen) atoms. The van der Waals surface area contributed by atoms with Gasteiger partial charge in [-0.25, -0.2) is 4.79 Å². The lowest BCUT2D eigenvalue weighted by atomic mass is 10.2. The molecule has 2 unspecified atom stereocenters. The summed E-state index contributed by atoms with van der Waals surface area (Å²) in [6.45, 7) is 6.12. The lowest BCUT2D eigenvalue weighted by molar-refractivity contribution is -0.168. The minimum Gasteiger partial charge on any atom is -0.479 e. The molecule has 0 aromatic heterocycles. The second-order valence-electron chi connectivity index (χ2n) is 4.60. The fourth-order valence-electron chi connectivity index (χ4n) is 1.71. The number of carbonyl (C=O) groups excluding carboxylic acids is 1. The first-order valence-corrected chi connectivity index (χ1v) is 6.21. The highest BCUT2D eigenvalue weighted by molar-refractivity contribution is 5.79. The van der Waals surface area contributed by atoms with Crippen LogP contribution < -0.4 is 0 Å². The number of aliphatic carboxylic acids is 1. The number of rotatable bonds is 5. The van der Waals surface area contributed by atoms with E-state index in [0.29, 0.717) is 6.54 Å². The molecule has 104 valence electrons. The van der Waals surface area contributed by atoms with Gasteiger partial charge in [-0.3, -0.25) is 4.79 Å². The molecule has 0 aromatic rings. The van der Waals surface area contributed by atoms with Gasteiger partial charge in [-0.1, -0.05) is 6.92 Å². The number of carbonyl (C=O) groups is 2. The van der Waals surface area contributed by atoms with Crippen LogP contribution in [0, 0.1) is 0 Å². The monoisotopic (exact) mass is 259 g/mol. The Morgan fingerprint density at radius 2 is 2.17 bits per heavy atom. The van der Waals surface area contributed by atoms with Crippen LogP contribution in [0.15, 0.2) is 0 Å². The number of nitrogens with zero attached hydrogens (tertiary/aromatic N) is 1. The van der Waals surface area contributed by atoms with Crippen molar-refractivity contribution in [2.24, 2.45) is 0 Å². The summed E-state index contributed by atoms with van der Waals surface area (Å²) in [7, 11) is 0. The zero-order valence-corrected chi connectivity index (χ0v) is 11.1. The number of hydrogen-bond donors (Lipinski definition) is 1. The van der Waals surface area contributed by atoms with E-state index in [1.54, 1.807) is 6.92 Å². The number of morpholine rings is 1. The molecular formula is C12H21NO5. The van der Waals surface area contributed by atoms with Crippen molar-refractivity contribution in [2.45, 2.75) is 45.5 Å². The van der Waals surface area contributed by atoms with E-state index in [0.717, 1.165) is 6.42 Å². The van der Waals surface area contributed by atoms with E-state index in [4.69, 9.17) is 14.6 Å². The predicted molar refractivity (Wildman–Crippen MR) is 64.3 cm³/mol. The molecule has 0 saturated carbocycles. The Bertz CT molecular complexity index is 307. The van der Waals surface area contributed by atoms with Crippen molar-refractivity contribution in [1.82, 2.24) is 4.90 Å².